The Kier molecular flexibility index (Phi) is 3.40. The van der Waals surface area contributed by atoms with Gasteiger partial charge in [0.05, 0.1) is 11.3 Å². The Morgan fingerprint density at radius 3 is 2.17 bits per heavy atom. The van der Waals surface area contributed by atoms with Crippen LogP contribution in [0.5, 0.6) is 0 Å². The van der Waals surface area contributed by atoms with Gasteiger partial charge in [-0.2, -0.15) is 13.2 Å². The van der Waals surface area contributed by atoms with Crippen LogP contribution in [0.25, 0.3) is 0 Å². The van der Waals surface area contributed by atoms with Gasteiger partial charge in [-0.15, -0.1) is 0 Å². The molecule has 2 nitrogen and oxygen atoms in total. The van der Waals surface area contributed by atoms with Crippen molar-refractivity contribution in [3.63, 3.8) is 0 Å². The molecular weight excluding hydrogens is 171 g/mol. The lowest BCUT2D eigenvalue weighted by molar-refractivity contribution is -0.105. The van der Waals surface area contributed by atoms with E-state index in [9.17, 15) is 18.0 Å². The molecule has 0 atom stereocenters. The van der Waals surface area contributed by atoms with Gasteiger partial charge in [0.25, 0.3) is 0 Å². The predicted octanol–water partition coefficient (Wildman–Crippen LogP) is 1.89. The summed E-state index contributed by atoms with van der Waals surface area (Å²) in [5.41, 5.74) is -1.40. The second kappa shape index (κ2) is 3.85. The van der Waals surface area contributed by atoms with E-state index in [2.05, 4.69) is 18.2 Å². The molecule has 0 fully saturated rings. The summed E-state index contributed by atoms with van der Waals surface area (Å²) in [7, 11) is 0. The van der Waals surface area contributed by atoms with E-state index in [-0.39, 0.29) is 12.0 Å². The van der Waals surface area contributed by atoms with Crippen molar-refractivity contribution in [2.75, 3.05) is 0 Å². The Balaban J connectivity index is 4.28. The third-order valence-electron chi connectivity index (χ3n) is 0.886. The maximum absolute atomic E-state index is 11.7. The molecule has 0 amide bonds. The molecule has 66 valence electrons. The van der Waals surface area contributed by atoms with Crippen molar-refractivity contribution in [2.24, 2.45) is 4.99 Å². The first kappa shape index (κ1) is 10.6. The molecule has 0 radical (unpaired) electrons. The van der Waals surface area contributed by atoms with E-state index < -0.39 is 11.7 Å². The first-order chi connectivity index (χ1) is 5.38. The quantitative estimate of drug-likeness (QED) is 0.367. The van der Waals surface area contributed by atoms with Crippen LogP contribution in [-0.2, 0) is 4.79 Å². The summed E-state index contributed by atoms with van der Waals surface area (Å²) in [5.74, 6) is 0. The van der Waals surface area contributed by atoms with Crippen LogP contribution in [0.2, 0.25) is 0 Å². The van der Waals surface area contributed by atoms with E-state index in [0.717, 1.165) is 0 Å². The molecule has 0 aromatic rings. The van der Waals surface area contributed by atoms with Crippen molar-refractivity contribution in [2.45, 2.75) is 6.18 Å². The van der Waals surface area contributed by atoms with Gasteiger partial charge in [-0.25, -0.2) is 0 Å². The molecule has 5 heteroatoms. The molecule has 0 saturated heterocycles. The number of rotatable bonds is 3. The van der Waals surface area contributed by atoms with Crippen LogP contribution in [-0.4, -0.2) is 18.7 Å². The molecule has 0 unspecified atom stereocenters. The van der Waals surface area contributed by atoms with Crippen molar-refractivity contribution in [3.05, 3.63) is 24.4 Å². The highest BCUT2D eigenvalue weighted by Gasteiger charge is 2.30. The lowest BCUT2D eigenvalue weighted by Crippen LogP contribution is -2.11. The standard InChI is InChI=1S/C7H6F3NO/c1-5(7(8,9)10)3-11-6(2)4-12/h3-4H,1-2H2. The van der Waals surface area contributed by atoms with Gasteiger partial charge in [0.15, 0.2) is 6.29 Å². The number of carbonyl (C=O) groups excluding carboxylic acids is 1. The molecule has 0 aliphatic carbocycles. The van der Waals surface area contributed by atoms with E-state index in [4.69, 9.17) is 0 Å². The number of nitrogens with zero attached hydrogens (tertiary/aromatic N) is 1. The number of aldehydes is 1. The lowest BCUT2D eigenvalue weighted by atomic mass is 10.3. The smallest absolute Gasteiger partial charge is 0.296 e. The van der Waals surface area contributed by atoms with Crippen molar-refractivity contribution in [1.29, 1.82) is 0 Å². The van der Waals surface area contributed by atoms with Gasteiger partial charge in [0, 0.05) is 6.21 Å². The molecule has 0 aromatic carbocycles. The largest absolute Gasteiger partial charge is 0.417 e. The Morgan fingerprint density at radius 2 is 1.83 bits per heavy atom. The van der Waals surface area contributed by atoms with E-state index >= 15 is 0 Å². The number of hydrogen-bond acceptors (Lipinski definition) is 2. The lowest BCUT2D eigenvalue weighted by Gasteiger charge is -2.03. The normalized spacial score (nSPS) is 11.6. The number of hydrogen-bond donors (Lipinski definition) is 0. The van der Waals surface area contributed by atoms with E-state index in [1.54, 1.807) is 0 Å². The van der Waals surface area contributed by atoms with E-state index in [1.807, 2.05) is 0 Å². The molecule has 12 heavy (non-hydrogen) atoms. The van der Waals surface area contributed by atoms with Crippen LogP contribution in [0.1, 0.15) is 0 Å². The summed E-state index contributed by atoms with van der Waals surface area (Å²) in [6.07, 6.45) is -3.80. The molecule has 0 aliphatic heterocycles. The SMILES string of the molecule is C=C(C=O)N=CC(=C)C(F)(F)F. The van der Waals surface area contributed by atoms with Gasteiger partial charge in [-0.1, -0.05) is 13.2 Å². The minimum atomic E-state index is -4.51. The minimum absolute atomic E-state index is 0.250. The molecule has 0 saturated carbocycles. The van der Waals surface area contributed by atoms with Gasteiger partial charge in [-0.05, 0) is 0 Å². The average Bonchev–Trinajstić information content (AvgIpc) is 1.97. The third kappa shape index (κ3) is 3.70. The van der Waals surface area contributed by atoms with E-state index in [0.29, 0.717) is 6.21 Å². The molecule has 0 N–H and O–H groups in total. The van der Waals surface area contributed by atoms with Crippen LogP contribution in [0.3, 0.4) is 0 Å². The molecule has 0 spiro atoms. The molecule has 0 aromatic heterocycles. The zero-order valence-corrected chi connectivity index (χ0v) is 6.06. The molecule has 0 heterocycles. The number of carbonyl (C=O) groups is 1. The fourth-order valence-electron chi connectivity index (χ4n) is 0.264. The van der Waals surface area contributed by atoms with Crippen LogP contribution >= 0.6 is 0 Å². The van der Waals surface area contributed by atoms with Crippen LogP contribution in [0.4, 0.5) is 13.2 Å². The van der Waals surface area contributed by atoms with Gasteiger partial charge in [0.1, 0.15) is 0 Å². The second-order valence-electron chi connectivity index (χ2n) is 1.89. The van der Waals surface area contributed by atoms with Crippen LogP contribution in [0.15, 0.2) is 29.4 Å². The zero-order valence-electron chi connectivity index (χ0n) is 6.06. The van der Waals surface area contributed by atoms with Crippen molar-refractivity contribution < 1.29 is 18.0 Å². The summed E-state index contributed by atoms with van der Waals surface area (Å²) in [4.78, 5) is 12.9. The van der Waals surface area contributed by atoms with Crippen molar-refractivity contribution in [3.8, 4) is 0 Å². The zero-order chi connectivity index (χ0) is 9.78. The van der Waals surface area contributed by atoms with Crippen LogP contribution in [0, 0.1) is 0 Å². The fraction of sp³-hybridized carbons (Fsp3) is 0.143. The first-order valence-corrected chi connectivity index (χ1v) is 2.82. The Labute approximate surface area is 67.1 Å². The molecule has 0 rings (SSSR count). The summed E-state index contributed by atoms with van der Waals surface area (Å²) in [6, 6.07) is 0. The molecule has 0 aliphatic rings. The average molecular weight is 177 g/mol. The van der Waals surface area contributed by atoms with Gasteiger partial charge in [-0.3, -0.25) is 9.79 Å². The fourth-order valence-corrected chi connectivity index (χ4v) is 0.264. The van der Waals surface area contributed by atoms with Gasteiger partial charge in [0.2, 0.25) is 0 Å². The molecular formula is C7H6F3NO. The molecule has 0 bridgehead atoms. The third-order valence-corrected chi connectivity index (χ3v) is 0.886. The monoisotopic (exact) mass is 177 g/mol. The highest BCUT2D eigenvalue weighted by molar-refractivity contribution is 5.84. The summed E-state index contributed by atoms with van der Waals surface area (Å²) in [6.45, 7) is 5.75. The van der Waals surface area contributed by atoms with E-state index in [1.165, 1.54) is 0 Å². The topological polar surface area (TPSA) is 29.4 Å². The van der Waals surface area contributed by atoms with Gasteiger partial charge < -0.3 is 0 Å². The Hall–Kier alpha value is -1.39. The summed E-state index contributed by atoms with van der Waals surface area (Å²) in [5, 5.41) is 0. The number of aliphatic imine (C=N–C) groups is 1. The van der Waals surface area contributed by atoms with Crippen LogP contribution < -0.4 is 0 Å². The highest BCUT2D eigenvalue weighted by Crippen LogP contribution is 2.22. The maximum atomic E-state index is 11.7. The Bertz CT molecular complexity index is 240. The number of halogens is 3. The Morgan fingerprint density at radius 1 is 1.33 bits per heavy atom. The van der Waals surface area contributed by atoms with Crippen molar-refractivity contribution >= 4 is 12.5 Å². The predicted molar refractivity (Wildman–Crippen MR) is 38.9 cm³/mol. The summed E-state index contributed by atoms with van der Waals surface area (Å²) < 4.78 is 35.1. The number of alkyl halides is 3. The van der Waals surface area contributed by atoms with Crippen molar-refractivity contribution in [1.82, 2.24) is 0 Å². The minimum Gasteiger partial charge on any atom is -0.296 e. The highest BCUT2D eigenvalue weighted by atomic mass is 19.4. The van der Waals surface area contributed by atoms with Gasteiger partial charge >= 0.3 is 6.18 Å². The maximum Gasteiger partial charge on any atom is 0.417 e. The first-order valence-electron chi connectivity index (χ1n) is 2.82. The number of allylic oxidation sites excluding steroid dienone is 2. The summed E-state index contributed by atoms with van der Waals surface area (Å²) >= 11 is 0. The second-order valence-corrected chi connectivity index (χ2v) is 1.89.